The molecule has 3 heterocycles. The van der Waals surface area contributed by atoms with Gasteiger partial charge in [-0.15, -0.1) is 0 Å². The van der Waals surface area contributed by atoms with Crippen molar-refractivity contribution in [2.75, 3.05) is 36.8 Å². The van der Waals surface area contributed by atoms with Gasteiger partial charge in [0.1, 0.15) is 11.9 Å². The number of rotatable bonds is 7. The number of nitrogens with zero attached hydrogens (tertiary/aromatic N) is 5. The zero-order valence-electron chi connectivity index (χ0n) is 23.2. The Balaban J connectivity index is 1.10. The number of amides is 3. The summed E-state index contributed by atoms with van der Waals surface area (Å²) in [6, 6.07) is 17.5. The van der Waals surface area contributed by atoms with E-state index in [1.54, 1.807) is 0 Å². The standard InChI is InChI=1S/C31H36N6O3S/c38-27(32-22-9-3-1-4-10-22)16-15-26-30(40)34-29-24-13-7-8-14-25(24)33-31(37(26)29)41-21-28(39)36-19-17-35(18-20-36)23-11-5-2-6-12-23/h2,5-8,11-14,22,26H,1,3-4,9-10,15-21H2,(H,32,38). The van der Waals surface area contributed by atoms with Gasteiger partial charge in [0.2, 0.25) is 11.8 Å². The second-order valence-corrected chi connectivity index (χ2v) is 11.9. The van der Waals surface area contributed by atoms with Crippen molar-refractivity contribution in [1.82, 2.24) is 15.1 Å². The van der Waals surface area contributed by atoms with Gasteiger partial charge >= 0.3 is 0 Å². The van der Waals surface area contributed by atoms with Crippen molar-refractivity contribution in [2.45, 2.75) is 57.0 Å². The van der Waals surface area contributed by atoms with E-state index in [9.17, 15) is 14.4 Å². The summed E-state index contributed by atoms with van der Waals surface area (Å²) in [6.45, 7) is 2.91. The number of hydrogen-bond donors (Lipinski definition) is 1. The molecule has 3 amide bonds. The molecule has 0 bridgehead atoms. The number of fused-ring (bicyclic) bond motifs is 3. The summed E-state index contributed by atoms with van der Waals surface area (Å²) in [4.78, 5) is 54.4. The van der Waals surface area contributed by atoms with Gasteiger partial charge in [0.15, 0.2) is 5.17 Å². The van der Waals surface area contributed by atoms with Gasteiger partial charge < -0.3 is 15.1 Å². The lowest BCUT2D eigenvalue weighted by Crippen LogP contribution is -2.49. The molecule has 1 aliphatic carbocycles. The lowest BCUT2D eigenvalue weighted by Gasteiger charge is -2.36. The van der Waals surface area contributed by atoms with Crippen molar-refractivity contribution < 1.29 is 14.4 Å². The van der Waals surface area contributed by atoms with Crippen LogP contribution in [-0.2, 0) is 14.4 Å². The third-order valence-electron chi connectivity index (χ3n) is 8.30. The number of carbonyl (C=O) groups is 3. The maximum atomic E-state index is 13.2. The SMILES string of the molecule is O=C(CCC1C(=O)N=C2c3ccccc3N=C(SCC(=O)N3CCN(c4ccccc4)CC3)N21)NC1CCCCC1. The zero-order chi connectivity index (χ0) is 28.2. The Morgan fingerprint density at radius 3 is 2.41 bits per heavy atom. The second-order valence-electron chi connectivity index (χ2n) is 11.0. The lowest BCUT2D eigenvalue weighted by molar-refractivity contribution is -0.128. The molecule has 6 rings (SSSR count). The van der Waals surface area contributed by atoms with Crippen molar-refractivity contribution in [1.29, 1.82) is 0 Å². The molecule has 2 aromatic carbocycles. The van der Waals surface area contributed by atoms with Crippen molar-refractivity contribution >= 4 is 51.9 Å². The Hall–Kier alpha value is -3.66. The van der Waals surface area contributed by atoms with Gasteiger partial charge in [-0.2, -0.15) is 4.99 Å². The molecule has 10 heteroatoms. The normalized spacial score (nSPS) is 20.7. The van der Waals surface area contributed by atoms with E-state index in [-0.39, 0.29) is 35.9 Å². The fourth-order valence-electron chi connectivity index (χ4n) is 6.06. The first kappa shape index (κ1) is 27.5. The molecule has 1 N–H and O–H groups in total. The predicted molar refractivity (Wildman–Crippen MR) is 163 cm³/mol. The molecule has 41 heavy (non-hydrogen) atoms. The fraction of sp³-hybridized carbons (Fsp3) is 0.452. The number of carbonyl (C=O) groups excluding carboxylic acids is 3. The van der Waals surface area contributed by atoms with Gasteiger partial charge in [0, 0.05) is 49.9 Å². The summed E-state index contributed by atoms with van der Waals surface area (Å²) in [5.41, 5.74) is 2.70. The summed E-state index contributed by atoms with van der Waals surface area (Å²) >= 11 is 1.34. The van der Waals surface area contributed by atoms with E-state index in [2.05, 4.69) is 27.3 Å². The number of hydrogen-bond acceptors (Lipinski definition) is 7. The van der Waals surface area contributed by atoms with Gasteiger partial charge in [0.25, 0.3) is 5.91 Å². The van der Waals surface area contributed by atoms with Gasteiger partial charge in [0.05, 0.1) is 11.4 Å². The minimum absolute atomic E-state index is 0.0217. The highest BCUT2D eigenvalue weighted by Gasteiger charge is 2.42. The first-order chi connectivity index (χ1) is 20.1. The first-order valence-electron chi connectivity index (χ1n) is 14.7. The minimum atomic E-state index is -0.605. The van der Waals surface area contributed by atoms with Crippen LogP contribution in [0.1, 0.15) is 50.5 Å². The van der Waals surface area contributed by atoms with Gasteiger partial charge in [-0.3, -0.25) is 19.3 Å². The average molecular weight is 573 g/mol. The summed E-state index contributed by atoms with van der Waals surface area (Å²) in [5, 5.41) is 3.74. The van der Waals surface area contributed by atoms with Crippen LogP contribution < -0.4 is 10.2 Å². The average Bonchev–Trinajstić information content (AvgIpc) is 3.35. The number of aliphatic imine (C=N–C) groups is 2. The number of nitrogens with one attached hydrogen (secondary N) is 1. The Morgan fingerprint density at radius 2 is 1.63 bits per heavy atom. The van der Waals surface area contributed by atoms with E-state index < -0.39 is 6.04 Å². The van der Waals surface area contributed by atoms with E-state index in [0.717, 1.165) is 50.0 Å². The molecule has 9 nitrogen and oxygen atoms in total. The van der Waals surface area contributed by atoms with Crippen molar-refractivity contribution in [2.24, 2.45) is 9.98 Å². The number of para-hydroxylation sites is 2. The zero-order valence-corrected chi connectivity index (χ0v) is 24.0. The Bertz CT molecular complexity index is 1350. The number of benzene rings is 2. The van der Waals surface area contributed by atoms with Crippen LogP contribution in [0.25, 0.3) is 0 Å². The molecule has 3 aliphatic heterocycles. The summed E-state index contributed by atoms with van der Waals surface area (Å²) in [5.74, 6) is 0.547. The van der Waals surface area contributed by atoms with E-state index in [4.69, 9.17) is 4.99 Å². The molecular weight excluding hydrogens is 536 g/mol. The van der Waals surface area contributed by atoms with E-state index in [1.165, 1.54) is 23.9 Å². The topological polar surface area (TPSA) is 97.7 Å². The van der Waals surface area contributed by atoms with Crippen LogP contribution in [0.15, 0.2) is 64.6 Å². The van der Waals surface area contributed by atoms with Crippen molar-refractivity contribution in [3.8, 4) is 0 Å². The molecule has 1 saturated carbocycles. The first-order valence-corrected chi connectivity index (χ1v) is 15.6. The van der Waals surface area contributed by atoms with Crippen LogP contribution in [0.4, 0.5) is 11.4 Å². The number of anilines is 1. The van der Waals surface area contributed by atoms with E-state index in [0.29, 0.717) is 30.5 Å². The molecule has 1 unspecified atom stereocenters. The maximum Gasteiger partial charge on any atom is 0.270 e. The highest BCUT2D eigenvalue weighted by atomic mass is 32.2. The summed E-state index contributed by atoms with van der Waals surface area (Å²) < 4.78 is 0. The van der Waals surface area contributed by atoms with E-state index in [1.807, 2.05) is 52.3 Å². The minimum Gasteiger partial charge on any atom is -0.368 e. The second kappa shape index (κ2) is 12.5. The van der Waals surface area contributed by atoms with Gasteiger partial charge in [-0.25, -0.2) is 4.99 Å². The summed E-state index contributed by atoms with van der Waals surface area (Å²) in [7, 11) is 0. The molecular formula is C31H36N6O3S. The highest BCUT2D eigenvalue weighted by Crippen LogP contribution is 2.35. The largest absolute Gasteiger partial charge is 0.368 e. The van der Waals surface area contributed by atoms with Crippen molar-refractivity contribution in [3.63, 3.8) is 0 Å². The van der Waals surface area contributed by atoms with Gasteiger partial charge in [-0.1, -0.05) is 61.4 Å². The molecule has 1 atom stereocenters. The van der Waals surface area contributed by atoms with Crippen LogP contribution in [0.2, 0.25) is 0 Å². The van der Waals surface area contributed by atoms with E-state index >= 15 is 0 Å². The molecule has 4 aliphatic rings. The Labute approximate surface area is 245 Å². The number of thioether (sulfide) groups is 1. The number of piperazine rings is 1. The molecule has 0 aromatic heterocycles. The fourth-order valence-corrected chi connectivity index (χ4v) is 7.01. The highest BCUT2D eigenvalue weighted by molar-refractivity contribution is 8.14. The monoisotopic (exact) mass is 572 g/mol. The Morgan fingerprint density at radius 1 is 0.902 bits per heavy atom. The smallest absolute Gasteiger partial charge is 0.270 e. The third-order valence-corrected chi connectivity index (χ3v) is 9.24. The molecule has 1 saturated heterocycles. The van der Waals surface area contributed by atoms with Crippen molar-refractivity contribution in [3.05, 3.63) is 60.2 Å². The lowest BCUT2D eigenvalue weighted by atomic mass is 9.95. The third kappa shape index (κ3) is 6.17. The van der Waals surface area contributed by atoms with Crippen LogP contribution >= 0.6 is 11.8 Å². The maximum absolute atomic E-state index is 13.2. The molecule has 2 fully saturated rings. The molecule has 0 spiro atoms. The number of amidine groups is 2. The van der Waals surface area contributed by atoms with Crippen LogP contribution in [-0.4, -0.2) is 82.5 Å². The van der Waals surface area contributed by atoms with Gasteiger partial charge in [-0.05, 0) is 43.5 Å². The molecule has 214 valence electrons. The predicted octanol–water partition coefficient (Wildman–Crippen LogP) is 3.96. The van der Waals surface area contributed by atoms with Crippen LogP contribution in [0.3, 0.4) is 0 Å². The van der Waals surface area contributed by atoms with Crippen LogP contribution in [0.5, 0.6) is 0 Å². The molecule has 0 radical (unpaired) electrons. The summed E-state index contributed by atoms with van der Waals surface area (Å²) in [6.07, 6.45) is 6.16. The van der Waals surface area contributed by atoms with Crippen LogP contribution in [0, 0.1) is 0 Å². The molecule has 2 aromatic rings. The quantitative estimate of drug-likeness (QED) is 0.540. The Kier molecular flexibility index (Phi) is 8.36.